The summed E-state index contributed by atoms with van der Waals surface area (Å²) < 4.78 is 13.6. The smallest absolute Gasteiger partial charge is 0.245 e. The van der Waals surface area contributed by atoms with Gasteiger partial charge in [-0.05, 0) is 23.6 Å². The summed E-state index contributed by atoms with van der Waals surface area (Å²) in [5, 5.41) is 28.3. The molecule has 0 aliphatic carbocycles. The summed E-state index contributed by atoms with van der Waals surface area (Å²) in [6, 6.07) is 5.23. The topological polar surface area (TPSA) is 103 Å². The van der Waals surface area contributed by atoms with Gasteiger partial charge in [-0.15, -0.1) is 40.1 Å². The van der Waals surface area contributed by atoms with Crippen molar-refractivity contribution in [3.63, 3.8) is 0 Å². The van der Waals surface area contributed by atoms with Crippen LogP contribution in [0.1, 0.15) is 13.8 Å². The molecule has 0 amide bonds. The number of benzene rings is 1. The normalized spacial score (nSPS) is 16.1. The van der Waals surface area contributed by atoms with E-state index in [4.69, 9.17) is 0 Å². The molecule has 1 aliphatic rings. The summed E-state index contributed by atoms with van der Waals surface area (Å²) in [6.45, 7) is 6.90. The first-order valence-electron chi connectivity index (χ1n) is 9.24. The lowest BCUT2D eigenvalue weighted by molar-refractivity contribution is 0.365. The third-order valence-corrected chi connectivity index (χ3v) is 5.02. The van der Waals surface area contributed by atoms with Gasteiger partial charge in [0.05, 0.1) is 11.8 Å². The van der Waals surface area contributed by atoms with Gasteiger partial charge in [-0.2, -0.15) is 4.39 Å². The van der Waals surface area contributed by atoms with Crippen LogP contribution in [0.15, 0.2) is 30.6 Å². The van der Waals surface area contributed by atoms with E-state index in [2.05, 4.69) is 49.4 Å². The van der Waals surface area contributed by atoms with Crippen LogP contribution in [0.4, 0.5) is 10.3 Å². The van der Waals surface area contributed by atoms with Crippen LogP contribution in [0.2, 0.25) is 0 Å². The number of hydrogen-bond acceptors (Lipinski definition) is 7. The molecule has 1 aliphatic heterocycles. The number of halogens is 3. The van der Waals surface area contributed by atoms with Gasteiger partial charge in [0, 0.05) is 37.4 Å². The van der Waals surface area contributed by atoms with Gasteiger partial charge >= 0.3 is 0 Å². The van der Waals surface area contributed by atoms with Crippen molar-refractivity contribution >= 4 is 30.8 Å². The molecular formula is C19H24Cl2FN7O. The Bertz CT molecular complexity index is 968. The average molecular weight is 456 g/mol. The van der Waals surface area contributed by atoms with Crippen molar-refractivity contribution in [2.24, 2.45) is 5.92 Å². The van der Waals surface area contributed by atoms with Crippen molar-refractivity contribution in [3.8, 4) is 28.1 Å². The zero-order valence-electron chi connectivity index (χ0n) is 16.5. The second-order valence-electron chi connectivity index (χ2n) is 7.22. The minimum Gasteiger partial charge on any atom is -0.507 e. The van der Waals surface area contributed by atoms with Gasteiger partial charge in [-0.1, -0.05) is 19.9 Å². The van der Waals surface area contributed by atoms with Gasteiger partial charge in [0.1, 0.15) is 11.4 Å². The van der Waals surface area contributed by atoms with E-state index < -0.39 is 5.95 Å². The fourth-order valence-corrected chi connectivity index (χ4v) is 3.34. The second kappa shape index (κ2) is 10.0. The monoisotopic (exact) mass is 455 g/mol. The highest BCUT2D eigenvalue weighted by atomic mass is 35.5. The highest BCUT2D eigenvalue weighted by molar-refractivity contribution is 5.85. The summed E-state index contributed by atoms with van der Waals surface area (Å²) in [5.74, 6) is 0.454. The summed E-state index contributed by atoms with van der Waals surface area (Å²) in [4.78, 5) is 6.55. The third-order valence-electron chi connectivity index (χ3n) is 5.02. The summed E-state index contributed by atoms with van der Waals surface area (Å²) in [6.07, 6.45) is 3.04. The van der Waals surface area contributed by atoms with Crippen molar-refractivity contribution in [1.29, 1.82) is 0 Å². The number of phenols is 1. The molecule has 1 unspecified atom stereocenters. The molecule has 3 N–H and O–H groups in total. The van der Waals surface area contributed by atoms with Gasteiger partial charge in [0.15, 0.2) is 0 Å². The third kappa shape index (κ3) is 4.80. The van der Waals surface area contributed by atoms with Crippen molar-refractivity contribution < 1.29 is 9.50 Å². The van der Waals surface area contributed by atoms with E-state index in [-0.39, 0.29) is 30.6 Å². The predicted octanol–water partition coefficient (Wildman–Crippen LogP) is 3.05. The van der Waals surface area contributed by atoms with E-state index in [1.54, 1.807) is 18.3 Å². The molecule has 30 heavy (non-hydrogen) atoms. The average Bonchev–Trinajstić information content (AvgIpc) is 3.14. The van der Waals surface area contributed by atoms with E-state index in [0.29, 0.717) is 40.3 Å². The lowest BCUT2D eigenvalue weighted by Gasteiger charge is -2.35. The standard InChI is InChI=1S/C19H22FN7O.2ClH/c1-11(2)16-10-27(6-5-21-16)19-22-9-15(24-26-19)13-4-3-12(7-17(13)28)14-8-23-25-18(14)20;;/h3-4,7-9,11,16,21,28H,5-6,10H2,1-2H3,(H,23,25);2*1H. The maximum atomic E-state index is 13.6. The van der Waals surface area contributed by atoms with E-state index in [1.807, 2.05) is 0 Å². The Kier molecular flexibility index (Phi) is 7.94. The number of nitrogens with zero attached hydrogens (tertiary/aromatic N) is 5. The summed E-state index contributed by atoms with van der Waals surface area (Å²) >= 11 is 0. The number of piperazine rings is 1. The van der Waals surface area contributed by atoms with Gasteiger partial charge in [0.2, 0.25) is 11.9 Å². The Balaban J connectivity index is 0.00000160. The Labute approximate surface area is 186 Å². The number of rotatable bonds is 4. The minimum atomic E-state index is -0.617. The van der Waals surface area contributed by atoms with Crippen molar-refractivity contribution in [1.82, 2.24) is 30.7 Å². The molecule has 1 fully saturated rings. The first-order chi connectivity index (χ1) is 13.5. The molecule has 0 saturated carbocycles. The fraction of sp³-hybridized carbons (Fsp3) is 0.368. The minimum absolute atomic E-state index is 0. The SMILES string of the molecule is CC(C)C1CN(c2ncc(-c3ccc(-c4c[nH]nc4F)cc3O)nn2)CCN1.Cl.Cl. The first-order valence-corrected chi connectivity index (χ1v) is 9.24. The molecule has 0 radical (unpaired) electrons. The maximum Gasteiger partial charge on any atom is 0.245 e. The molecule has 1 atom stereocenters. The predicted molar refractivity (Wildman–Crippen MR) is 118 cm³/mol. The molecule has 1 aromatic carbocycles. The molecular weight excluding hydrogens is 432 g/mol. The summed E-state index contributed by atoms with van der Waals surface area (Å²) in [5.41, 5.74) is 1.75. The van der Waals surface area contributed by atoms with Crippen molar-refractivity contribution in [2.75, 3.05) is 24.5 Å². The number of aromatic hydroxyl groups is 1. The summed E-state index contributed by atoms with van der Waals surface area (Å²) in [7, 11) is 0. The lowest BCUT2D eigenvalue weighted by Crippen LogP contribution is -2.53. The van der Waals surface area contributed by atoms with Crippen LogP contribution in [-0.4, -0.2) is 56.2 Å². The first kappa shape index (κ1) is 23.8. The van der Waals surface area contributed by atoms with E-state index in [0.717, 1.165) is 19.6 Å². The van der Waals surface area contributed by atoms with Crippen LogP contribution >= 0.6 is 24.8 Å². The van der Waals surface area contributed by atoms with E-state index in [9.17, 15) is 9.50 Å². The van der Waals surface area contributed by atoms with Gasteiger partial charge < -0.3 is 15.3 Å². The molecule has 3 aromatic rings. The van der Waals surface area contributed by atoms with Crippen LogP contribution in [0, 0.1) is 11.9 Å². The molecule has 2 aromatic heterocycles. The number of nitrogens with one attached hydrogen (secondary N) is 2. The molecule has 1 saturated heterocycles. The zero-order valence-corrected chi connectivity index (χ0v) is 18.2. The zero-order chi connectivity index (χ0) is 19.7. The Hall–Kier alpha value is -2.49. The Morgan fingerprint density at radius 1 is 1.20 bits per heavy atom. The second-order valence-corrected chi connectivity index (χ2v) is 7.22. The quantitative estimate of drug-likeness (QED) is 0.555. The van der Waals surface area contributed by atoms with Crippen LogP contribution in [0.3, 0.4) is 0 Å². The number of phenolic OH excluding ortho intramolecular Hbond substituents is 1. The largest absolute Gasteiger partial charge is 0.507 e. The molecule has 4 rings (SSSR count). The maximum absolute atomic E-state index is 13.6. The number of H-pyrrole nitrogens is 1. The Morgan fingerprint density at radius 3 is 2.60 bits per heavy atom. The van der Waals surface area contributed by atoms with E-state index in [1.165, 1.54) is 12.3 Å². The fourth-order valence-electron chi connectivity index (χ4n) is 3.34. The van der Waals surface area contributed by atoms with Crippen molar-refractivity contribution in [2.45, 2.75) is 19.9 Å². The van der Waals surface area contributed by atoms with Gasteiger partial charge in [0.25, 0.3) is 0 Å². The van der Waals surface area contributed by atoms with Gasteiger partial charge in [-0.3, -0.25) is 5.10 Å². The number of aromatic nitrogens is 5. The van der Waals surface area contributed by atoms with E-state index >= 15 is 0 Å². The highest BCUT2D eigenvalue weighted by Gasteiger charge is 2.23. The Morgan fingerprint density at radius 2 is 2.00 bits per heavy atom. The molecule has 0 bridgehead atoms. The lowest BCUT2D eigenvalue weighted by atomic mass is 10.0. The highest BCUT2D eigenvalue weighted by Crippen LogP contribution is 2.32. The van der Waals surface area contributed by atoms with Crippen LogP contribution < -0.4 is 10.2 Å². The van der Waals surface area contributed by atoms with Crippen LogP contribution in [-0.2, 0) is 0 Å². The molecule has 162 valence electrons. The van der Waals surface area contributed by atoms with Gasteiger partial charge in [-0.25, -0.2) is 4.98 Å². The molecule has 8 nitrogen and oxygen atoms in total. The molecule has 3 heterocycles. The number of hydrogen-bond donors (Lipinski definition) is 3. The van der Waals surface area contributed by atoms with Crippen LogP contribution in [0.5, 0.6) is 5.75 Å². The number of aromatic amines is 1. The number of anilines is 1. The van der Waals surface area contributed by atoms with Crippen molar-refractivity contribution in [3.05, 3.63) is 36.5 Å². The molecule has 0 spiro atoms. The van der Waals surface area contributed by atoms with Crippen LogP contribution in [0.25, 0.3) is 22.4 Å². The molecule has 11 heteroatoms.